The van der Waals surface area contributed by atoms with Crippen molar-refractivity contribution in [3.63, 3.8) is 0 Å². The second-order valence-corrected chi connectivity index (χ2v) is 13.8. The van der Waals surface area contributed by atoms with Crippen molar-refractivity contribution in [2.75, 3.05) is 6.61 Å². The molecule has 0 fully saturated rings. The van der Waals surface area contributed by atoms with E-state index >= 15 is 0 Å². The Labute approximate surface area is 305 Å². The zero-order valence-corrected chi connectivity index (χ0v) is 30.3. The summed E-state index contributed by atoms with van der Waals surface area (Å²) in [6.45, 7) is 6.65. The summed E-state index contributed by atoms with van der Waals surface area (Å²) in [5.41, 5.74) is 6.29. The minimum Gasteiger partial charge on any atom is -0.484 e. The summed E-state index contributed by atoms with van der Waals surface area (Å²) in [7, 11) is 0. The van der Waals surface area contributed by atoms with Crippen LogP contribution in [-0.2, 0) is 30.4 Å². The number of hydrogen-bond acceptors (Lipinski definition) is 8. The van der Waals surface area contributed by atoms with E-state index in [4.69, 9.17) is 10.5 Å². The quantitative estimate of drug-likeness (QED) is 0.0956. The van der Waals surface area contributed by atoms with Crippen LogP contribution in [0.25, 0.3) is 0 Å². The summed E-state index contributed by atoms with van der Waals surface area (Å²) in [6.07, 6.45) is -0.912. The third-order valence-electron chi connectivity index (χ3n) is 8.66. The second-order valence-electron chi connectivity index (χ2n) is 13.8. The summed E-state index contributed by atoms with van der Waals surface area (Å²) in [5, 5.41) is 29.4. The summed E-state index contributed by atoms with van der Waals surface area (Å²) in [6, 6.07) is 22.1. The second kappa shape index (κ2) is 20.1. The van der Waals surface area contributed by atoms with Crippen molar-refractivity contribution < 1.29 is 38.9 Å². The Balaban J connectivity index is 1.89. The zero-order valence-electron chi connectivity index (χ0n) is 30.3. The van der Waals surface area contributed by atoms with E-state index in [-0.39, 0.29) is 37.6 Å². The molecule has 0 bridgehead atoms. The average Bonchev–Trinajstić information content (AvgIpc) is 3.11. The number of ketones is 1. The molecule has 0 aliphatic carbocycles. The van der Waals surface area contributed by atoms with Crippen LogP contribution in [0.5, 0.6) is 5.75 Å². The highest BCUT2D eigenvalue weighted by atomic mass is 16.5. The monoisotopic (exact) mass is 716 g/mol. The minimum atomic E-state index is -1.86. The predicted molar refractivity (Wildman–Crippen MR) is 197 cm³/mol. The molecule has 52 heavy (non-hydrogen) atoms. The number of nitrogens with two attached hydrogens (primary N) is 1. The van der Waals surface area contributed by atoms with Gasteiger partial charge in [-0.2, -0.15) is 0 Å². The standard InChI is InChI=1S/C40H52N4O8/c1-5-15-30(28-18-11-7-12-19-28)33(45)24-40(4,41)36(47)35(38(49)43-32(39(50)51)23-27-16-9-6-10-17-27)44-37(48)31(22-26(2)3)42-34(46)25-52-29-20-13-8-14-21-29/h6-14,16-21,26,30-32,35-36,47H,5,15,22-25,41H2,1-4H3,(H,42,46)(H,43,49)(H,44,48)(H,50,51)/t30?,31-,32-,35-,36?,40?/m0/s1. The summed E-state index contributed by atoms with van der Waals surface area (Å²) < 4.78 is 5.52. The van der Waals surface area contributed by atoms with Gasteiger partial charge in [-0.05, 0) is 48.9 Å². The fraction of sp³-hybridized carbons (Fsp3) is 0.425. The highest BCUT2D eigenvalue weighted by Gasteiger charge is 2.43. The van der Waals surface area contributed by atoms with Crippen molar-refractivity contribution in [2.45, 2.75) is 95.5 Å². The molecule has 0 aliphatic heterocycles. The number of nitrogens with one attached hydrogen (secondary N) is 3. The predicted octanol–water partition coefficient (Wildman–Crippen LogP) is 3.51. The number of benzene rings is 3. The van der Waals surface area contributed by atoms with E-state index in [2.05, 4.69) is 16.0 Å². The van der Waals surface area contributed by atoms with E-state index in [9.17, 15) is 34.2 Å². The SMILES string of the molecule is CCCC(C(=O)CC(C)(N)C(O)[C@H](NC(=O)[C@H](CC(C)C)NC(=O)COc1ccccc1)C(=O)N[C@@H](Cc1ccccc1)C(=O)O)c1ccccc1. The minimum absolute atomic E-state index is 0.0831. The lowest BCUT2D eigenvalue weighted by Gasteiger charge is -2.37. The van der Waals surface area contributed by atoms with Crippen molar-refractivity contribution in [1.29, 1.82) is 0 Å². The van der Waals surface area contributed by atoms with Crippen molar-refractivity contribution in [1.82, 2.24) is 16.0 Å². The van der Waals surface area contributed by atoms with Crippen molar-refractivity contribution >= 4 is 29.5 Å². The van der Waals surface area contributed by atoms with Crippen LogP contribution in [0.2, 0.25) is 0 Å². The molecular weight excluding hydrogens is 664 g/mol. The Morgan fingerprint density at radius 2 is 1.38 bits per heavy atom. The van der Waals surface area contributed by atoms with Gasteiger partial charge < -0.3 is 36.6 Å². The third-order valence-corrected chi connectivity index (χ3v) is 8.66. The molecule has 12 nitrogen and oxygen atoms in total. The van der Waals surface area contributed by atoms with Crippen LogP contribution < -0.4 is 26.4 Å². The molecule has 0 saturated carbocycles. The zero-order chi connectivity index (χ0) is 38.3. The van der Waals surface area contributed by atoms with Crippen molar-refractivity contribution in [3.8, 4) is 5.75 Å². The number of carboxylic acids is 1. The molecule has 0 aliphatic rings. The number of carboxylic acid groups (broad SMARTS) is 1. The van der Waals surface area contributed by atoms with E-state index in [1.165, 1.54) is 6.92 Å². The van der Waals surface area contributed by atoms with Crippen LogP contribution in [0, 0.1) is 5.92 Å². The van der Waals surface area contributed by atoms with Gasteiger partial charge in [0.05, 0.1) is 0 Å². The summed E-state index contributed by atoms with van der Waals surface area (Å²) in [4.78, 5) is 66.7. The van der Waals surface area contributed by atoms with Crippen LogP contribution in [0.1, 0.15) is 70.4 Å². The number of hydrogen-bond donors (Lipinski definition) is 6. The molecule has 3 unspecified atom stereocenters. The lowest BCUT2D eigenvalue weighted by molar-refractivity contribution is -0.143. The maximum Gasteiger partial charge on any atom is 0.326 e. The Bertz CT molecular complexity index is 1600. The molecule has 6 atom stereocenters. The van der Waals surface area contributed by atoms with Gasteiger partial charge in [-0.15, -0.1) is 0 Å². The molecule has 3 aromatic rings. The maximum atomic E-state index is 13.9. The van der Waals surface area contributed by atoms with Gasteiger partial charge in [0, 0.05) is 24.3 Å². The molecule has 3 rings (SSSR count). The number of Topliss-reactive ketones (excluding diaryl/α,β-unsaturated/α-hetero) is 1. The van der Waals surface area contributed by atoms with Crippen LogP contribution in [0.15, 0.2) is 91.0 Å². The number of ether oxygens (including phenoxy) is 1. The molecular formula is C40H52N4O8. The first-order valence-corrected chi connectivity index (χ1v) is 17.6. The first-order chi connectivity index (χ1) is 24.7. The molecule has 0 saturated heterocycles. The first kappa shape index (κ1) is 41.4. The van der Waals surface area contributed by atoms with E-state index in [1.54, 1.807) is 60.7 Å². The summed E-state index contributed by atoms with van der Waals surface area (Å²) in [5.74, 6) is -4.19. The number of carbonyl (C=O) groups excluding carboxylic acids is 4. The number of carbonyl (C=O) groups is 5. The molecule has 3 amide bonds. The maximum absolute atomic E-state index is 13.9. The van der Waals surface area contributed by atoms with Crippen molar-refractivity contribution in [2.24, 2.45) is 11.7 Å². The van der Waals surface area contributed by atoms with Gasteiger partial charge >= 0.3 is 5.97 Å². The average molecular weight is 717 g/mol. The molecule has 0 heterocycles. The van der Waals surface area contributed by atoms with Gasteiger partial charge in [-0.25, -0.2) is 4.79 Å². The highest BCUT2D eigenvalue weighted by Crippen LogP contribution is 2.28. The summed E-state index contributed by atoms with van der Waals surface area (Å²) >= 11 is 0. The molecule has 12 heteroatoms. The highest BCUT2D eigenvalue weighted by molar-refractivity contribution is 5.94. The van der Waals surface area contributed by atoms with E-state index in [0.29, 0.717) is 24.2 Å². The molecule has 3 aromatic carbocycles. The lowest BCUT2D eigenvalue weighted by atomic mass is 9.79. The van der Waals surface area contributed by atoms with Gasteiger partial charge in [-0.3, -0.25) is 19.2 Å². The van der Waals surface area contributed by atoms with Crippen LogP contribution >= 0.6 is 0 Å². The number of aliphatic carboxylic acids is 1. The Morgan fingerprint density at radius 3 is 1.94 bits per heavy atom. The molecule has 0 spiro atoms. The fourth-order valence-electron chi connectivity index (χ4n) is 5.93. The Hall–Kier alpha value is -5.07. The Kier molecular flexibility index (Phi) is 16.0. The van der Waals surface area contributed by atoms with Gasteiger partial charge in [-0.1, -0.05) is 106 Å². The lowest BCUT2D eigenvalue weighted by Crippen LogP contribution is -2.66. The number of rotatable bonds is 21. The third kappa shape index (κ3) is 12.9. The topological polar surface area (TPSA) is 197 Å². The number of aliphatic hydroxyl groups is 1. The van der Waals surface area contributed by atoms with Gasteiger partial charge in [0.1, 0.15) is 35.8 Å². The molecule has 0 radical (unpaired) electrons. The molecule has 7 N–H and O–H groups in total. The van der Waals surface area contributed by atoms with E-state index in [0.717, 1.165) is 5.56 Å². The first-order valence-electron chi connectivity index (χ1n) is 17.6. The molecule has 280 valence electrons. The number of para-hydroxylation sites is 1. The van der Waals surface area contributed by atoms with Crippen molar-refractivity contribution in [3.05, 3.63) is 102 Å². The Morgan fingerprint density at radius 1 is 0.808 bits per heavy atom. The van der Waals surface area contributed by atoms with E-state index in [1.807, 2.05) is 51.1 Å². The van der Waals surface area contributed by atoms with Gasteiger partial charge in [0.15, 0.2) is 6.61 Å². The number of aliphatic hydroxyl groups excluding tert-OH is 1. The van der Waals surface area contributed by atoms with E-state index < -0.39 is 59.4 Å². The largest absolute Gasteiger partial charge is 0.484 e. The van der Waals surface area contributed by atoms with Crippen LogP contribution in [0.3, 0.4) is 0 Å². The van der Waals surface area contributed by atoms with Gasteiger partial charge in [0.25, 0.3) is 5.91 Å². The molecule has 0 aromatic heterocycles. The van der Waals surface area contributed by atoms with Crippen LogP contribution in [-0.4, -0.2) is 76.1 Å². The fourth-order valence-corrected chi connectivity index (χ4v) is 5.93. The van der Waals surface area contributed by atoms with Gasteiger partial charge in [0.2, 0.25) is 11.8 Å². The normalized spacial score (nSPS) is 15.2. The smallest absolute Gasteiger partial charge is 0.326 e. The number of amides is 3. The van der Waals surface area contributed by atoms with Crippen LogP contribution in [0.4, 0.5) is 0 Å².